The highest BCUT2D eigenvalue weighted by Crippen LogP contribution is 2.29. The fourth-order valence-corrected chi connectivity index (χ4v) is 4.60. The number of ether oxygens (including phenoxy) is 2. The Morgan fingerprint density at radius 2 is 2.00 bits per heavy atom. The summed E-state index contributed by atoms with van der Waals surface area (Å²) in [5.41, 5.74) is 1.81. The predicted molar refractivity (Wildman–Crippen MR) is 110 cm³/mol. The lowest BCUT2D eigenvalue weighted by Crippen LogP contribution is -2.41. The summed E-state index contributed by atoms with van der Waals surface area (Å²) in [5, 5.41) is 0.826. The molecule has 158 valence electrons. The van der Waals surface area contributed by atoms with Crippen molar-refractivity contribution in [2.75, 3.05) is 13.2 Å². The first-order chi connectivity index (χ1) is 13.9. The largest absolute Gasteiger partial charge is 0.361 e. The van der Waals surface area contributed by atoms with Gasteiger partial charge in [-0.1, -0.05) is 25.7 Å². The number of benzene rings is 1. The number of nitrogens with one attached hydrogen (secondary N) is 1. The van der Waals surface area contributed by atoms with Crippen LogP contribution in [0.4, 0.5) is 4.39 Å². The lowest BCUT2D eigenvalue weighted by atomic mass is 9.98. The molecule has 0 radical (unpaired) electrons. The second kappa shape index (κ2) is 8.44. The highest BCUT2D eigenvalue weighted by atomic mass is 19.1. The molecule has 2 heterocycles. The van der Waals surface area contributed by atoms with E-state index in [4.69, 9.17) is 9.47 Å². The van der Waals surface area contributed by atoms with Gasteiger partial charge in [0.1, 0.15) is 11.9 Å². The number of aromatic nitrogens is 1. The van der Waals surface area contributed by atoms with Gasteiger partial charge >= 0.3 is 0 Å². The first-order valence-electron chi connectivity index (χ1n) is 10.8. The number of halogens is 1. The van der Waals surface area contributed by atoms with Crippen molar-refractivity contribution in [3.8, 4) is 0 Å². The molecule has 2 fully saturated rings. The van der Waals surface area contributed by atoms with Gasteiger partial charge in [-0.2, -0.15) is 0 Å². The minimum atomic E-state index is -0.619. The first kappa shape index (κ1) is 20.4. The lowest BCUT2D eigenvalue weighted by Gasteiger charge is -2.29. The molecule has 0 unspecified atom stereocenters. The molecule has 2 aliphatic rings. The Morgan fingerprint density at radius 1 is 1.24 bits per heavy atom. The van der Waals surface area contributed by atoms with E-state index in [2.05, 4.69) is 4.98 Å². The average molecular weight is 403 g/mol. The van der Waals surface area contributed by atoms with Crippen molar-refractivity contribution < 1.29 is 18.7 Å². The van der Waals surface area contributed by atoms with Gasteiger partial charge in [0.15, 0.2) is 5.79 Å². The maximum absolute atomic E-state index is 13.8. The van der Waals surface area contributed by atoms with Crippen LogP contribution in [0.3, 0.4) is 0 Å². The highest BCUT2D eigenvalue weighted by Gasteiger charge is 2.36. The van der Waals surface area contributed by atoms with Crippen molar-refractivity contribution in [2.24, 2.45) is 5.92 Å². The van der Waals surface area contributed by atoms with E-state index in [1.54, 1.807) is 6.07 Å². The Hall–Kier alpha value is -1.92. The van der Waals surface area contributed by atoms with Gasteiger partial charge in [-0.15, -0.1) is 0 Å². The maximum atomic E-state index is 13.8. The smallest absolute Gasteiger partial charge is 0.226 e. The van der Waals surface area contributed by atoms with Crippen LogP contribution in [0.2, 0.25) is 0 Å². The summed E-state index contributed by atoms with van der Waals surface area (Å²) in [7, 11) is 0. The number of carbonyl (C=O) groups excluding carboxylic acids is 1. The summed E-state index contributed by atoms with van der Waals surface area (Å²) < 4.78 is 25.5. The molecular weight excluding hydrogens is 371 g/mol. The topological polar surface area (TPSA) is 54.6 Å². The van der Waals surface area contributed by atoms with Gasteiger partial charge in [-0.3, -0.25) is 4.79 Å². The standard InChI is InChI=1S/C23H31FN2O3/c1-23(2)28-15-19(29-23)14-26(22(27)16-7-5-3-4-6-8-16)13-17-12-25-21-10-9-18(24)11-20(17)21/h9-12,16,19,25H,3-8,13-15H2,1-2H3/t19-/m0/s1. The van der Waals surface area contributed by atoms with E-state index < -0.39 is 5.79 Å². The Bertz CT molecular complexity index is 855. The van der Waals surface area contributed by atoms with E-state index in [0.29, 0.717) is 19.7 Å². The third-order valence-corrected chi connectivity index (χ3v) is 6.10. The van der Waals surface area contributed by atoms with Crippen molar-refractivity contribution in [2.45, 2.75) is 70.8 Å². The number of H-pyrrole nitrogens is 1. The van der Waals surface area contributed by atoms with Crippen LogP contribution < -0.4 is 0 Å². The molecule has 4 rings (SSSR count). The number of hydrogen-bond acceptors (Lipinski definition) is 3. The molecule has 1 amide bonds. The molecule has 1 N–H and O–H groups in total. The number of hydrogen-bond donors (Lipinski definition) is 1. The molecule has 1 aromatic heterocycles. The summed E-state index contributed by atoms with van der Waals surface area (Å²) in [6.07, 6.45) is 8.27. The van der Waals surface area contributed by atoms with Crippen molar-refractivity contribution in [3.05, 3.63) is 35.8 Å². The van der Waals surface area contributed by atoms with Crippen LogP contribution in [0.25, 0.3) is 10.9 Å². The normalized spacial score (nSPS) is 22.7. The van der Waals surface area contributed by atoms with Crippen LogP contribution in [-0.2, 0) is 20.8 Å². The van der Waals surface area contributed by atoms with Gasteiger partial charge in [0.25, 0.3) is 0 Å². The van der Waals surface area contributed by atoms with Crippen LogP contribution in [0.15, 0.2) is 24.4 Å². The monoisotopic (exact) mass is 402 g/mol. The summed E-state index contributed by atoms with van der Waals surface area (Å²) in [4.78, 5) is 18.6. The van der Waals surface area contributed by atoms with Crippen LogP contribution >= 0.6 is 0 Å². The molecule has 1 aliphatic carbocycles. The zero-order chi connectivity index (χ0) is 20.4. The quantitative estimate of drug-likeness (QED) is 0.734. The second-order valence-corrected chi connectivity index (χ2v) is 8.86. The summed E-state index contributed by atoms with van der Waals surface area (Å²) in [6, 6.07) is 4.72. The van der Waals surface area contributed by atoms with Gasteiger partial charge < -0.3 is 19.4 Å². The van der Waals surface area contributed by atoms with Crippen LogP contribution in [0, 0.1) is 11.7 Å². The highest BCUT2D eigenvalue weighted by molar-refractivity contribution is 5.84. The van der Waals surface area contributed by atoms with Crippen LogP contribution in [-0.4, -0.2) is 40.8 Å². The molecule has 1 atom stereocenters. The van der Waals surface area contributed by atoms with Gasteiger partial charge in [0.2, 0.25) is 5.91 Å². The summed E-state index contributed by atoms with van der Waals surface area (Å²) >= 11 is 0. The SMILES string of the molecule is CC1(C)OC[C@H](CN(Cc2c[nH]c3ccc(F)cc23)C(=O)C2CCCCCC2)O1. The third-order valence-electron chi connectivity index (χ3n) is 6.10. The molecule has 29 heavy (non-hydrogen) atoms. The zero-order valence-corrected chi connectivity index (χ0v) is 17.4. The molecule has 5 nitrogen and oxygen atoms in total. The summed E-state index contributed by atoms with van der Waals surface area (Å²) in [5.74, 6) is -0.638. The predicted octanol–water partition coefficient (Wildman–Crippen LogP) is 4.76. The van der Waals surface area contributed by atoms with Gasteiger partial charge in [0, 0.05) is 36.1 Å². The zero-order valence-electron chi connectivity index (χ0n) is 17.4. The molecule has 2 aromatic rings. The van der Waals surface area contributed by atoms with Crippen molar-refractivity contribution in [1.82, 2.24) is 9.88 Å². The number of rotatable bonds is 5. The van der Waals surface area contributed by atoms with Crippen molar-refractivity contribution >= 4 is 16.8 Å². The van der Waals surface area contributed by atoms with E-state index in [1.165, 1.54) is 25.0 Å². The van der Waals surface area contributed by atoms with Crippen LogP contribution in [0.5, 0.6) is 0 Å². The lowest BCUT2D eigenvalue weighted by molar-refractivity contribution is -0.149. The molecule has 0 bridgehead atoms. The number of fused-ring (bicyclic) bond motifs is 1. The maximum Gasteiger partial charge on any atom is 0.226 e. The van der Waals surface area contributed by atoms with E-state index in [0.717, 1.165) is 42.1 Å². The molecule has 1 aromatic carbocycles. The number of carbonyl (C=O) groups is 1. The van der Waals surface area contributed by atoms with E-state index in [9.17, 15) is 9.18 Å². The van der Waals surface area contributed by atoms with Crippen LogP contribution in [0.1, 0.15) is 57.9 Å². The Kier molecular flexibility index (Phi) is 5.93. The first-order valence-corrected chi connectivity index (χ1v) is 10.8. The number of amides is 1. The number of aromatic amines is 1. The molecule has 0 spiro atoms. The van der Waals surface area contributed by atoms with Gasteiger partial charge in [-0.25, -0.2) is 4.39 Å². The summed E-state index contributed by atoms with van der Waals surface area (Å²) in [6.45, 7) is 5.20. The molecule has 1 saturated heterocycles. The minimum absolute atomic E-state index is 0.0646. The van der Waals surface area contributed by atoms with E-state index in [-0.39, 0.29) is 23.7 Å². The van der Waals surface area contributed by atoms with E-state index in [1.807, 2.05) is 24.9 Å². The van der Waals surface area contributed by atoms with Gasteiger partial charge in [-0.05, 0) is 50.5 Å². The fourth-order valence-electron chi connectivity index (χ4n) is 4.60. The third kappa shape index (κ3) is 4.81. The van der Waals surface area contributed by atoms with Crippen molar-refractivity contribution in [1.29, 1.82) is 0 Å². The Labute approximate surface area is 171 Å². The second-order valence-electron chi connectivity index (χ2n) is 8.86. The van der Waals surface area contributed by atoms with Gasteiger partial charge in [0.05, 0.1) is 6.61 Å². The fraction of sp³-hybridized carbons (Fsp3) is 0.609. The van der Waals surface area contributed by atoms with E-state index >= 15 is 0 Å². The number of nitrogens with zero attached hydrogens (tertiary/aromatic N) is 1. The molecule has 1 aliphatic heterocycles. The minimum Gasteiger partial charge on any atom is -0.361 e. The Balaban J connectivity index is 1.56. The average Bonchev–Trinajstić information content (AvgIpc) is 3.10. The molecule has 1 saturated carbocycles. The Morgan fingerprint density at radius 3 is 2.69 bits per heavy atom. The molecule has 6 heteroatoms. The van der Waals surface area contributed by atoms with Crippen molar-refractivity contribution in [3.63, 3.8) is 0 Å². The molecular formula is C23H31FN2O3.